The third-order valence-electron chi connectivity index (χ3n) is 3.69. The highest BCUT2D eigenvalue weighted by Crippen LogP contribution is 2.28. The number of nitrogens with one attached hydrogen (secondary N) is 1. The molecule has 0 radical (unpaired) electrons. The minimum Gasteiger partial charge on any atom is -0.494 e. The molecule has 2 N–H and O–H groups in total. The van der Waals surface area contributed by atoms with Crippen molar-refractivity contribution in [2.45, 2.75) is 6.42 Å². The van der Waals surface area contributed by atoms with E-state index in [1.165, 1.54) is 0 Å². The van der Waals surface area contributed by atoms with Gasteiger partial charge in [0, 0.05) is 22.8 Å². The van der Waals surface area contributed by atoms with Gasteiger partial charge in [-0.3, -0.25) is 0 Å². The number of fused-ring (bicyclic) bond motifs is 3. The lowest BCUT2D eigenvalue weighted by Crippen LogP contribution is -2.15. The highest BCUT2D eigenvalue weighted by atomic mass is 16.5. The molecule has 0 amide bonds. The molecule has 120 valence electrons. The molecule has 0 saturated heterocycles. The second-order valence-corrected chi connectivity index (χ2v) is 5.76. The molecule has 6 heteroatoms. The first-order chi connectivity index (χ1) is 11.0. The number of benzene rings is 1. The summed E-state index contributed by atoms with van der Waals surface area (Å²) in [6.45, 7) is 1.62. The Hall–Kier alpha value is -2.60. The Morgan fingerprint density at radius 1 is 1.26 bits per heavy atom. The van der Waals surface area contributed by atoms with Crippen molar-refractivity contribution in [3.05, 3.63) is 36.2 Å². The van der Waals surface area contributed by atoms with Crippen LogP contribution in [-0.2, 0) is 0 Å². The number of hydrogen-bond acceptors (Lipinski definition) is 4. The Labute approximate surface area is 133 Å². The van der Waals surface area contributed by atoms with Crippen LogP contribution in [0, 0.1) is 0 Å². The molecule has 0 bridgehead atoms. The SMILES string of the molecule is CN(C)CCCOc1ccc2[nH]c3cnc(C(=O)O)cc3c2c1. The summed E-state index contributed by atoms with van der Waals surface area (Å²) in [4.78, 5) is 20.4. The molecular weight excluding hydrogens is 294 g/mol. The van der Waals surface area contributed by atoms with Crippen molar-refractivity contribution in [1.29, 1.82) is 0 Å². The molecule has 0 fully saturated rings. The summed E-state index contributed by atoms with van der Waals surface area (Å²) < 4.78 is 5.79. The number of carboxylic acid groups (broad SMARTS) is 1. The van der Waals surface area contributed by atoms with Crippen LogP contribution in [0.15, 0.2) is 30.5 Å². The molecule has 6 nitrogen and oxygen atoms in total. The maximum absolute atomic E-state index is 11.1. The zero-order chi connectivity index (χ0) is 16.4. The first kappa shape index (κ1) is 15.3. The molecule has 0 saturated carbocycles. The van der Waals surface area contributed by atoms with Gasteiger partial charge in [0.1, 0.15) is 11.4 Å². The minimum atomic E-state index is -1.03. The highest BCUT2D eigenvalue weighted by molar-refractivity contribution is 6.08. The molecule has 3 aromatic rings. The zero-order valence-corrected chi connectivity index (χ0v) is 13.2. The number of aromatic amines is 1. The molecule has 0 aliphatic heterocycles. The van der Waals surface area contributed by atoms with Gasteiger partial charge in [-0.15, -0.1) is 0 Å². The van der Waals surface area contributed by atoms with Gasteiger partial charge >= 0.3 is 5.97 Å². The maximum atomic E-state index is 11.1. The van der Waals surface area contributed by atoms with E-state index in [2.05, 4.69) is 14.9 Å². The molecule has 23 heavy (non-hydrogen) atoms. The standard InChI is InChI=1S/C17H19N3O3/c1-20(2)6-3-7-23-11-4-5-14-12(8-11)13-9-15(17(21)22)18-10-16(13)19-14/h4-5,8-10,19H,3,6-7H2,1-2H3,(H,21,22). The fourth-order valence-electron chi connectivity index (χ4n) is 2.56. The second-order valence-electron chi connectivity index (χ2n) is 5.76. The Kier molecular flexibility index (Phi) is 4.16. The summed E-state index contributed by atoms with van der Waals surface area (Å²) in [5.41, 5.74) is 1.79. The van der Waals surface area contributed by atoms with E-state index in [9.17, 15) is 4.79 Å². The number of H-pyrrole nitrogens is 1. The number of aromatic nitrogens is 2. The number of nitrogens with zero attached hydrogens (tertiary/aromatic N) is 2. The fraction of sp³-hybridized carbons (Fsp3) is 0.294. The largest absolute Gasteiger partial charge is 0.494 e. The predicted molar refractivity (Wildman–Crippen MR) is 89.2 cm³/mol. The molecule has 3 rings (SSSR count). The average molecular weight is 313 g/mol. The van der Waals surface area contributed by atoms with Gasteiger partial charge in [0.2, 0.25) is 0 Å². The van der Waals surface area contributed by atoms with E-state index < -0.39 is 5.97 Å². The van der Waals surface area contributed by atoms with Gasteiger partial charge in [0.05, 0.1) is 18.3 Å². The third kappa shape index (κ3) is 3.27. The van der Waals surface area contributed by atoms with Gasteiger partial charge in [-0.2, -0.15) is 0 Å². The Balaban J connectivity index is 1.89. The smallest absolute Gasteiger partial charge is 0.354 e. The number of hydrogen-bond donors (Lipinski definition) is 2. The number of aromatic carboxylic acids is 1. The average Bonchev–Trinajstić information content (AvgIpc) is 2.88. The highest BCUT2D eigenvalue weighted by Gasteiger charge is 2.10. The summed E-state index contributed by atoms with van der Waals surface area (Å²) in [6.07, 6.45) is 2.50. The first-order valence-corrected chi connectivity index (χ1v) is 7.47. The van der Waals surface area contributed by atoms with Crippen LogP contribution < -0.4 is 4.74 Å². The van der Waals surface area contributed by atoms with Gasteiger partial charge in [0.15, 0.2) is 0 Å². The van der Waals surface area contributed by atoms with Crippen LogP contribution in [0.5, 0.6) is 5.75 Å². The van der Waals surface area contributed by atoms with Crippen molar-refractivity contribution in [3.63, 3.8) is 0 Å². The van der Waals surface area contributed by atoms with Crippen molar-refractivity contribution in [2.24, 2.45) is 0 Å². The van der Waals surface area contributed by atoms with Gasteiger partial charge in [-0.1, -0.05) is 0 Å². The fourth-order valence-corrected chi connectivity index (χ4v) is 2.56. The lowest BCUT2D eigenvalue weighted by Gasteiger charge is -2.10. The monoisotopic (exact) mass is 313 g/mol. The summed E-state index contributed by atoms with van der Waals surface area (Å²) >= 11 is 0. The Morgan fingerprint density at radius 2 is 2.04 bits per heavy atom. The summed E-state index contributed by atoms with van der Waals surface area (Å²) in [6, 6.07) is 7.39. The van der Waals surface area contributed by atoms with E-state index in [0.29, 0.717) is 6.61 Å². The predicted octanol–water partition coefficient (Wildman–Crippen LogP) is 2.74. The van der Waals surface area contributed by atoms with Crippen LogP contribution in [0.2, 0.25) is 0 Å². The van der Waals surface area contributed by atoms with Crippen molar-refractivity contribution in [2.75, 3.05) is 27.2 Å². The van der Waals surface area contributed by atoms with E-state index in [0.717, 1.165) is 40.5 Å². The Morgan fingerprint density at radius 3 is 2.78 bits per heavy atom. The van der Waals surface area contributed by atoms with Crippen LogP contribution in [-0.4, -0.2) is 53.2 Å². The summed E-state index contributed by atoms with van der Waals surface area (Å²) in [5, 5.41) is 10.9. The van der Waals surface area contributed by atoms with E-state index in [1.807, 2.05) is 32.3 Å². The molecule has 0 aliphatic rings. The second kappa shape index (κ2) is 6.26. The molecule has 2 aromatic heterocycles. The zero-order valence-electron chi connectivity index (χ0n) is 13.2. The molecule has 2 heterocycles. The molecule has 0 spiro atoms. The van der Waals surface area contributed by atoms with Crippen LogP contribution in [0.3, 0.4) is 0 Å². The van der Waals surface area contributed by atoms with Gasteiger partial charge in [0.25, 0.3) is 0 Å². The number of ether oxygens (including phenoxy) is 1. The van der Waals surface area contributed by atoms with Gasteiger partial charge in [-0.25, -0.2) is 9.78 Å². The first-order valence-electron chi connectivity index (χ1n) is 7.47. The summed E-state index contributed by atoms with van der Waals surface area (Å²) in [7, 11) is 4.07. The molecule has 0 atom stereocenters. The normalized spacial score (nSPS) is 11.4. The van der Waals surface area contributed by atoms with Crippen molar-refractivity contribution in [3.8, 4) is 5.75 Å². The van der Waals surface area contributed by atoms with Crippen molar-refractivity contribution < 1.29 is 14.6 Å². The van der Waals surface area contributed by atoms with Crippen LogP contribution in [0.25, 0.3) is 21.8 Å². The number of rotatable bonds is 6. The van der Waals surface area contributed by atoms with Crippen LogP contribution >= 0.6 is 0 Å². The lowest BCUT2D eigenvalue weighted by molar-refractivity contribution is 0.0690. The topological polar surface area (TPSA) is 78.5 Å². The van der Waals surface area contributed by atoms with Crippen molar-refractivity contribution >= 4 is 27.8 Å². The number of carboxylic acids is 1. The van der Waals surface area contributed by atoms with E-state index in [1.54, 1.807) is 12.3 Å². The molecular formula is C17H19N3O3. The van der Waals surface area contributed by atoms with Crippen molar-refractivity contribution in [1.82, 2.24) is 14.9 Å². The summed E-state index contributed by atoms with van der Waals surface area (Å²) in [5.74, 6) is -0.247. The third-order valence-corrected chi connectivity index (χ3v) is 3.69. The quantitative estimate of drug-likeness (QED) is 0.684. The number of pyridine rings is 1. The molecule has 0 aliphatic carbocycles. The lowest BCUT2D eigenvalue weighted by atomic mass is 10.1. The minimum absolute atomic E-state index is 0.0377. The van der Waals surface area contributed by atoms with Gasteiger partial charge < -0.3 is 19.7 Å². The molecule has 0 unspecified atom stereocenters. The molecule has 1 aromatic carbocycles. The maximum Gasteiger partial charge on any atom is 0.354 e. The van der Waals surface area contributed by atoms with Crippen LogP contribution in [0.1, 0.15) is 16.9 Å². The number of carbonyl (C=O) groups is 1. The van der Waals surface area contributed by atoms with Crippen LogP contribution in [0.4, 0.5) is 0 Å². The van der Waals surface area contributed by atoms with Gasteiger partial charge in [-0.05, 0) is 44.8 Å². The van der Waals surface area contributed by atoms with E-state index in [-0.39, 0.29) is 5.69 Å². The van der Waals surface area contributed by atoms with E-state index in [4.69, 9.17) is 9.84 Å². The van der Waals surface area contributed by atoms with E-state index >= 15 is 0 Å². The Bertz CT molecular complexity index is 855.